The zero-order chi connectivity index (χ0) is 14.8. The smallest absolute Gasteiger partial charge is 0.195 e. The molecule has 2 heterocycles. The monoisotopic (exact) mass is 308 g/mol. The maximum absolute atomic E-state index is 5.10. The maximum Gasteiger partial charge on any atom is 0.195 e. The summed E-state index contributed by atoms with van der Waals surface area (Å²) in [6.07, 6.45) is 4.82. The number of thiazole rings is 1. The Kier molecular flexibility index (Phi) is 4.47. The fraction of sp³-hybridized carbons (Fsp3) is 0.667. The van der Waals surface area contributed by atoms with Gasteiger partial charge >= 0.3 is 0 Å². The van der Waals surface area contributed by atoms with E-state index < -0.39 is 0 Å². The van der Waals surface area contributed by atoms with Gasteiger partial charge in [-0.05, 0) is 25.7 Å². The SMILES string of the molecule is COCCNCc1c(N(C)C(C)C2CC2)nc2sccn12. The normalized spacial score (nSPS) is 16.5. The van der Waals surface area contributed by atoms with E-state index in [1.807, 2.05) is 0 Å². The first-order valence-corrected chi connectivity index (χ1v) is 8.47. The van der Waals surface area contributed by atoms with Crippen molar-refractivity contribution in [3.63, 3.8) is 0 Å². The molecule has 0 aromatic carbocycles. The average molecular weight is 308 g/mol. The van der Waals surface area contributed by atoms with E-state index in [1.54, 1.807) is 18.4 Å². The molecule has 1 fully saturated rings. The molecule has 21 heavy (non-hydrogen) atoms. The number of hydrogen-bond donors (Lipinski definition) is 1. The molecule has 5 nitrogen and oxygen atoms in total. The second-order valence-electron chi connectivity index (χ2n) is 5.80. The van der Waals surface area contributed by atoms with Crippen molar-refractivity contribution in [1.82, 2.24) is 14.7 Å². The third kappa shape index (κ3) is 3.07. The molecule has 116 valence electrons. The average Bonchev–Trinajstić information content (AvgIpc) is 3.14. The number of fused-ring (bicyclic) bond motifs is 1. The molecule has 2 aromatic heterocycles. The molecule has 0 spiro atoms. The molecule has 6 heteroatoms. The van der Waals surface area contributed by atoms with Crippen molar-refractivity contribution >= 4 is 22.1 Å². The Balaban J connectivity index is 1.80. The lowest BCUT2D eigenvalue weighted by atomic mass is 10.2. The quantitative estimate of drug-likeness (QED) is 0.760. The zero-order valence-electron chi connectivity index (χ0n) is 13.0. The Morgan fingerprint density at radius 1 is 1.57 bits per heavy atom. The van der Waals surface area contributed by atoms with E-state index in [2.05, 4.69) is 40.2 Å². The van der Waals surface area contributed by atoms with Gasteiger partial charge < -0.3 is 15.0 Å². The number of imidazole rings is 1. The molecule has 0 radical (unpaired) electrons. The Morgan fingerprint density at radius 2 is 2.38 bits per heavy atom. The molecule has 3 rings (SSSR count). The van der Waals surface area contributed by atoms with Crippen LogP contribution in [-0.4, -0.2) is 42.7 Å². The van der Waals surface area contributed by atoms with E-state index in [1.165, 1.54) is 18.5 Å². The van der Waals surface area contributed by atoms with E-state index >= 15 is 0 Å². The molecular weight excluding hydrogens is 284 g/mol. The number of hydrogen-bond acceptors (Lipinski definition) is 5. The van der Waals surface area contributed by atoms with Crippen molar-refractivity contribution in [1.29, 1.82) is 0 Å². The van der Waals surface area contributed by atoms with Crippen LogP contribution in [-0.2, 0) is 11.3 Å². The van der Waals surface area contributed by atoms with Crippen LogP contribution in [0.25, 0.3) is 4.96 Å². The summed E-state index contributed by atoms with van der Waals surface area (Å²) in [6, 6.07) is 0.562. The predicted octanol–water partition coefficient (Wildman–Crippen LogP) is 2.37. The van der Waals surface area contributed by atoms with Crippen LogP contribution in [0, 0.1) is 5.92 Å². The molecule has 2 aromatic rings. The number of anilines is 1. The van der Waals surface area contributed by atoms with Gasteiger partial charge in [0.1, 0.15) is 0 Å². The van der Waals surface area contributed by atoms with E-state index in [4.69, 9.17) is 9.72 Å². The van der Waals surface area contributed by atoms with Gasteiger partial charge in [0.15, 0.2) is 10.8 Å². The fourth-order valence-corrected chi connectivity index (χ4v) is 3.46. The molecule has 0 saturated heterocycles. The summed E-state index contributed by atoms with van der Waals surface area (Å²) in [5, 5.41) is 5.53. The maximum atomic E-state index is 5.10. The number of aromatic nitrogens is 2. The van der Waals surface area contributed by atoms with Gasteiger partial charge in [-0.1, -0.05) is 0 Å². The van der Waals surface area contributed by atoms with Crippen LogP contribution < -0.4 is 10.2 Å². The highest BCUT2D eigenvalue weighted by molar-refractivity contribution is 7.15. The third-order valence-corrected chi connectivity index (χ3v) is 5.12. The number of ether oxygens (including phenoxy) is 1. The van der Waals surface area contributed by atoms with Gasteiger partial charge in [0.05, 0.1) is 12.3 Å². The minimum Gasteiger partial charge on any atom is -0.383 e. The van der Waals surface area contributed by atoms with Crippen LogP contribution >= 0.6 is 11.3 Å². The second kappa shape index (κ2) is 6.34. The Morgan fingerprint density at radius 3 is 3.10 bits per heavy atom. The van der Waals surface area contributed by atoms with Crippen molar-refractivity contribution in [2.24, 2.45) is 5.92 Å². The molecule has 1 N–H and O–H groups in total. The molecule has 1 aliphatic rings. The van der Waals surface area contributed by atoms with Crippen LogP contribution in [0.4, 0.5) is 5.82 Å². The van der Waals surface area contributed by atoms with Crippen molar-refractivity contribution in [2.75, 3.05) is 32.2 Å². The minimum atomic E-state index is 0.562. The summed E-state index contributed by atoms with van der Waals surface area (Å²) < 4.78 is 7.30. The van der Waals surface area contributed by atoms with Crippen LogP contribution in [0.3, 0.4) is 0 Å². The third-order valence-electron chi connectivity index (χ3n) is 4.36. The van der Waals surface area contributed by atoms with E-state index in [-0.39, 0.29) is 0 Å². The van der Waals surface area contributed by atoms with Gasteiger partial charge in [-0.25, -0.2) is 4.98 Å². The van der Waals surface area contributed by atoms with Gasteiger partial charge in [0.2, 0.25) is 0 Å². The molecular formula is C15H24N4OS. The lowest BCUT2D eigenvalue weighted by molar-refractivity contribution is 0.199. The highest BCUT2D eigenvalue weighted by Gasteiger charge is 2.32. The highest BCUT2D eigenvalue weighted by atomic mass is 32.1. The van der Waals surface area contributed by atoms with Gasteiger partial charge in [-0.3, -0.25) is 4.40 Å². The van der Waals surface area contributed by atoms with Gasteiger partial charge in [-0.2, -0.15) is 0 Å². The highest BCUT2D eigenvalue weighted by Crippen LogP contribution is 2.37. The van der Waals surface area contributed by atoms with Crippen LogP contribution in [0.1, 0.15) is 25.5 Å². The van der Waals surface area contributed by atoms with Gasteiger partial charge in [-0.15, -0.1) is 11.3 Å². The summed E-state index contributed by atoms with van der Waals surface area (Å²) in [7, 11) is 3.90. The number of nitrogens with one attached hydrogen (secondary N) is 1. The molecule has 1 unspecified atom stereocenters. The van der Waals surface area contributed by atoms with Crippen molar-refractivity contribution in [2.45, 2.75) is 32.4 Å². The number of rotatable bonds is 8. The Bertz CT molecular complexity index is 590. The molecule has 0 amide bonds. The van der Waals surface area contributed by atoms with E-state index in [0.717, 1.165) is 36.4 Å². The van der Waals surface area contributed by atoms with Crippen LogP contribution in [0.2, 0.25) is 0 Å². The fourth-order valence-electron chi connectivity index (χ4n) is 2.74. The largest absolute Gasteiger partial charge is 0.383 e. The van der Waals surface area contributed by atoms with Crippen LogP contribution in [0.5, 0.6) is 0 Å². The summed E-state index contributed by atoms with van der Waals surface area (Å²) in [6.45, 7) is 4.72. The van der Waals surface area contributed by atoms with Crippen molar-refractivity contribution in [3.05, 3.63) is 17.3 Å². The summed E-state index contributed by atoms with van der Waals surface area (Å²) in [5.41, 5.74) is 1.25. The van der Waals surface area contributed by atoms with Crippen LogP contribution in [0.15, 0.2) is 11.6 Å². The molecule has 0 bridgehead atoms. The Hall–Kier alpha value is -1.11. The molecule has 1 saturated carbocycles. The summed E-state index contributed by atoms with van der Waals surface area (Å²) >= 11 is 1.69. The number of nitrogens with zero attached hydrogens (tertiary/aromatic N) is 3. The first-order chi connectivity index (χ1) is 10.2. The minimum absolute atomic E-state index is 0.562. The molecule has 0 aliphatic heterocycles. The predicted molar refractivity (Wildman–Crippen MR) is 87.2 cm³/mol. The zero-order valence-corrected chi connectivity index (χ0v) is 13.8. The first kappa shape index (κ1) is 14.8. The van der Waals surface area contributed by atoms with Gasteiger partial charge in [0, 0.05) is 44.9 Å². The molecule has 1 atom stereocenters. The van der Waals surface area contributed by atoms with E-state index in [9.17, 15) is 0 Å². The molecule has 1 aliphatic carbocycles. The number of methoxy groups -OCH3 is 1. The topological polar surface area (TPSA) is 41.8 Å². The summed E-state index contributed by atoms with van der Waals surface area (Å²) in [5.74, 6) is 1.95. The Labute approximate surface area is 129 Å². The first-order valence-electron chi connectivity index (χ1n) is 7.59. The summed E-state index contributed by atoms with van der Waals surface area (Å²) in [4.78, 5) is 8.26. The lowest BCUT2D eigenvalue weighted by Gasteiger charge is -2.26. The lowest BCUT2D eigenvalue weighted by Crippen LogP contribution is -2.32. The second-order valence-corrected chi connectivity index (χ2v) is 6.67. The van der Waals surface area contributed by atoms with Gasteiger partial charge in [0.25, 0.3) is 0 Å². The van der Waals surface area contributed by atoms with E-state index in [0.29, 0.717) is 6.04 Å². The van der Waals surface area contributed by atoms with Crippen molar-refractivity contribution in [3.8, 4) is 0 Å². The standard InChI is InChI=1S/C15H24N4OS/c1-11(12-4-5-12)18(2)14-13(10-16-6-8-20-3)19-7-9-21-15(19)17-14/h7,9,11-12,16H,4-6,8,10H2,1-3H3. The van der Waals surface area contributed by atoms with Crippen molar-refractivity contribution < 1.29 is 4.74 Å².